The first-order valence-electron chi connectivity index (χ1n) is 12.5. The SMILES string of the molecule is c1ccc(CC2COC(c3ccccc3-c3ccccc3C3=NC(Cc4ccccc4)CO3)=N2)cc1. The van der Waals surface area contributed by atoms with Crippen LogP contribution >= 0.6 is 0 Å². The third kappa shape index (κ3) is 4.80. The molecule has 0 bridgehead atoms. The summed E-state index contributed by atoms with van der Waals surface area (Å²) in [5.74, 6) is 1.41. The fraction of sp³-hybridized carbons (Fsp3) is 0.188. The zero-order valence-electron chi connectivity index (χ0n) is 20.1. The molecule has 2 atom stereocenters. The molecule has 6 rings (SSSR count). The molecule has 0 saturated heterocycles. The molecule has 2 aliphatic heterocycles. The second-order valence-corrected chi connectivity index (χ2v) is 9.27. The van der Waals surface area contributed by atoms with Gasteiger partial charge >= 0.3 is 0 Å². The predicted molar refractivity (Wildman–Crippen MR) is 145 cm³/mol. The molecule has 2 aliphatic rings. The lowest BCUT2D eigenvalue weighted by molar-refractivity contribution is 0.316. The van der Waals surface area contributed by atoms with Gasteiger partial charge in [0, 0.05) is 11.1 Å². The van der Waals surface area contributed by atoms with Crippen molar-refractivity contribution in [1.29, 1.82) is 0 Å². The first-order chi connectivity index (χ1) is 17.8. The molecule has 0 N–H and O–H groups in total. The van der Waals surface area contributed by atoms with Crippen molar-refractivity contribution < 1.29 is 9.47 Å². The van der Waals surface area contributed by atoms with E-state index in [4.69, 9.17) is 19.5 Å². The molecule has 0 aliphatic carbocycles. The van der Waals surface area contributed by atoms with Gasteiger partial charge in [0.1, 0.15) is 13.2 Å². The van der Waals surface area contributed by atoms with Crippen molar-refractivity contribution in [3.05, 3.63) is 131 Å². The maximum atomic E-state index is 6.12. The standard InChI is InChI=1S/C32H28N2O2/c1-3-11-23(12-4-1)19-25-21-35-31(33-25)29-17-9-7-15-27(29)28-16-8-10-18-30(28)32-34-26(22-36-32)20-24-13-5-2-6-14-24/h1-18,25-26H,19-22H2. The van der Waals surface area contributed by atoms with Crippen molar-refractivity contribution in [3.8, 4) is 11.1 Å². The Kier molecular flexibility index (Phi) is 6.32. The maximum Gasteiger partial charge on any atom is 0.217 e. The van der Waals surface area contributed by atoms with Crippen LogP contribution in [-0.2, 0) is 22.3 Å². The van der Waals surface area contributed by atoms with Crippen LogP contribution in [0.3, 0.4) is 0 Å². The summed E-state index contributed by atoms with van der Waals surface area (Å²) >= 11 is 0. The first-order valence-corrected chi connectivity index (χ1v) is 12.5. The van der Waals surface area contributed by atoms with Gasteiger partial charge in [-0.05, 0) is 47.2 Å². The third-order valence-corrected chi connectivity index (χ3v) is 6.66. The van der Waals surface area contributed by atoms with Crippen molar-refractivity contribution in [2.75, 3.05) is 13.2 Å². The highest BCUT2D eigenvalue weighted by atomic mass is 16.5. The van der Waals surface area contributed by atoms with Crippen LogP contribution in [0.4, 0.5) is 0 Å². The molecule has 0 fully saturated rings. The van der Waals surface area contributed by atoms with E-state index in [2.05, 4.69) is 84.9 Å². The number of hydrogen-bond acceptors (Lipinski definition) is 4. The molecule has 36 heavy (non-hydrogen) atoms. The second kappa shape index (κ2) is 10.2. The van der Waals surface area contributed by atoms with Crippen LogP contribution in [0, 0.1) is 0 Å². The molecular formula is C32H28N2O2. The van der Waals surface area contributed by atoms with Crippen LogP contribution in [0.25, 0.3) is 11.1 Å². The quantitative estimate of drug-likeness (QED) is 0.325. The minimum Gasteiger partial charge on any atom is -0.475 e. The molecule has 0 radical (unpaired) electrons. The molecule has 0 spiro atoms. The average molecular weight is 473 g/mol. The molecule has 0 amide bonds. The molecule has 4 aromatic carbocycles. The summed E-state index contributed by atoms with van der Waals surface area (Å²) in [4.78, 5) is 9.92. The van der Waals surface area contributed by atoms with E-state index in [0.29, 0.717) is 25.0 Å². The summed E-state index contributed by atoms with van der Waals surface area (Å²) in [6.45, 7) is 1.19. The molecule has 0 saturated carbocycles. The van der Waals surface area contributed by atoms with Gasteiger partial charge in [0.05, 0.1) is 12.1 Å². The van der Waals surface area contributed by atoms with Crippen LogP contribution in [0.1, 0.15) is 22.3 Å². The van der Waals surface area contributed by atoms with Gasteiger partial charge in [-0.2, -0.15) is 0 Å². The van der Waals surface area contributed by atoms with Gasteiger partial charge < -0.3 is 9.47 Å². The van der Waals surface area contributed by atoms with E-state index in [9.17, 15) is 0 Å². The summed E-state index contributed by atoms with van der Waals surface area (Å²) in [5, 5.41) is 0. The first kappa shape index (κ1) is 22.3. The van der Waals surface area contributed by atoms with Crippen molar-refractivity contribution in [2.45, 2.75) is 24.9 Å². The van der Waals surface area contributed by atoms with Gasteiger partial charge in [-0.1, -0.05) is 97.1 Å². The fourth-order valence-corrected chi connectivity index (χ4v) is 4.92. The van der Waals surface area contributed by atoms with Gasteiger partial charge in [0.2, 0.25) is 11.8 Å². The Labute approximate surface area is 212 Å². The molecule has 4 aromatic rings. The minimum absolute atomic E-state index is 0.118. The fourth-order valence-electron chi connectivity index (χ4n) is 4.92. The third-order valence-electron chi connectivity index (χ3n) is 6.66. The highest BCUT2D eigenvalue weighted by Crippen LogP contribution is 2.31. The van der Waals surface area contributed by atoms with E-state index in [1.54, 1.807) is 0 Å². The lowest BCUT2D eigenvalue weighted by Crippen LogP contribution is -2.10. The Bertz CT molecular complexity index is 1290. The Morgan fingerprint density at radius 2 is 0.833 bits per heavy atom. The largest absolute Gasteiger partial charge is 0.475 e. The van der Waals surface area contributed by atoms with Crippen LogP contribution in [0.2, 0.25) is 0 Å². The van der Waals surface area contributed by atoms with Crippen LogP contribution in [0.5, 0.6) is 0 Å². The van der Waals surface area contributed by atoms with E-state index < -0.39 is 0 Å². The molecule has 178 valence electrons. The Hall–Kier alpha value is -4.18. The topological polar surface area (TPSA) is 43.2 Å². The number of rotatable bonds is 7. The van der Waals surface area contributed by atoms with Gasteiger partial charge in [0.15, 0.2) is 0 Å². The zero-order chi connectivity index (χ0) is 24.2. The Morgan fingerprint density at radius 1 is 0.472 bits per heavy atom. The van der Waals surface area contributed by atoms with E-state index in [1.807, 2.05) is 24.3 Å². The molecule has 4 nitrogen and oxygen atoms in total. The van der Waals surface area contributed by atoms with Crippen LogP contribution in [0.15, 0.2) is 119 Å². The molecule has 2 heterocycles. The number of ether oxygens (including phenoxy) is 2. The van der Waals surface area contributed by atoms with Crippen LogP contribution in [-0.4, -0.2) is 37.1 Å². The normalized spacial score (nSPS) is 18.8. The van der Waals surface area contributed by atoms with Crippen molar-refractivity contribution in [1.82, 2.24) is 0 Å². The summed E-state index contributed by atoms with van der Waals surface area (Å²) < 4.78 is 12.2. The number of benzene rings is 4. The highest BCUT2D eigenvalue weighted by molar-refractivity contribution is 6.07. The van der Waals surface area contributed by atoms with Gasteiger partial charge in [0.25, 0.3) is 0 Å². The minimum atomic E-state index is 0.118. The maximum absolute atomic E-state index is 6.12. The molecule has 0 aromatic heterocycles. The summed E-state index contributed by atoms with van der Waals surface area (Å²) in [6.07, 6.45) is 1.74. The Balaban J connectivity index is 1.29. The summed E-state index contributed by atoms with van der Waals surface area (Å²) in [5.41, 5.74) is 6.70. The van der Waals surface area contributed by atoms with Gasteiger partial charge in [-0.3, -0.25) is 0 Å². The molecule has 2 unspecified atom stereocenters. The summed E-state index contributed by atoms with van der Waals surface area (Å²) in [6, 6.07) is 37.8. The predicted octanol–water partition coefficient (Wildman–Crippen LogP) is 6.13. The van der Waals surface area contributed by atoms with Gasteiger partial charge in [-0.25, -0.2) is 9.98 Å². The zero-order valence-corrected chi connectivity index (χ0v) is 20.1. The van der Waals surface area contributed by atoms with Crippen LogP contribution < -0.4 is 0 Å². The van der Waals surface area contributed by atoms with Crippen molar-refractivity contribution in [2.24, 2.45) is 9.98 Å². The smallest absolute Gasteiger partial charge is 0.217 e. The highest BCUT2D eigenvalue weighted by Gasteiger charge is 2.26. The summed E-state index contributed by atoms with van der Waals surface area (Å²) in [7, 11) is 0. The van der Waals surface area contributed by atoms with E-state index in [0.717, 1.165) is 35.1 Å². The Morgan fingerprint density at radius 3 is 1.25 bits per heavy atom. The number of hydrogen-bond donors (Lipinski definition) is 0. The number of nitrogens with zero attached hydrogens (tertiary/aromatic N) is 2. The van der Waals surface area contributed by atoms with E-state index in [1.165, 1.54) is 11.1 Å². The average Bonchev–Trinajstić information content (AvgIpc) is 3.60. The van der Waals surface area contributed by atoms with Crippen molar-refractivity contribution >= 4 is 11.8 Å². The second-order valence-electron chi connectivity index (χ2n) is 9.27. The lowest BCUT2D eigenvalue weighted by Gasteiger charge is -2.13. The molecular weight excluding hydrogens is 444 g/mol. The van der Waals surface area contributed by atoms with Gasteiger partial charge in [-0.15, -0.1) is 0 Å². The van der Waals surface area contributed by atoms with Crippen molar-refractivity contribution in [3.63, 3.8) is 0 Å². The van der Waals surface area contributed by atoms with E-state index in [-0.39, 0.29) is 12.1 Å². The number of aliphatic imine (C=N–C) groups is 2. The molecule has 4 heteroatoms. The van der Waals surface area contributed by atoms with E-state index >= 15 is 0 Å². The monoisotopic (exact) mass is 472 g/mol. The lowest BCUT2D eigenvalue weighted by atomic mass is 9.95.